The summed E-state index contributed by atoms with van der Waals surface area (Å²) >= 11 is 1.45. The van der Waals surface area contributed by atoms with Crippen LogP contribution in [-0.2, 0) is 17.7 Å². The van der Waals surface area contributed by atoms with Crippen molar-refractivity contribution in [1.82, 2.24) is 0 Å². The van der Waals surface area contributed by atoms with E-state index in [-0.39, 0.29) is 5.91 Å². The summed E-state index contributed by atoms with van der Waals surface area (Å²) in [5.74, 6) is 0.0276. The number of carbonyl (C=O) groups excluding carboxylic acids is 2. The molecule has 0 saturated carbocycles. The van der Waals surface area contributed by atoms with Gasteiger partial charge in [0.15, 0.2) is 11.5 Å². The lowest BCUT2D eigenvalue weighted by Gasteiger charge is -2.27. The standard InChI is InChI=1S/C21H26N2O5S/c1-12(2)23-10-9-13-16(11-23)29-20(17(13)21(25)28-5)22-19(24)14-7-6-8-15(26-3)18(14)27-4/h6-8,12H,9-11H2,1-5H3,(H,22,24)/p+1. The van der Waals surface area contributed by atoms with Crippen molar-refractivity contribution in [3.8, 4) is 11.5 Å². The van der Waals surface area contributed by atoms with Crippen molar-refractivity contribution < 1.29 is 28.7 Å². The van der Waals surface area contributed by atoms with Gasteiger partial charge in [-0.15, -0.1) is 11.3 Å². The van der Waals surface area contributed by atoms with Crippen LogP contribution >= 0.6 is 11.3 Å². The van der Waals surface area contributed by atoms with E-state index in [0.29, 0.717) is 33.7 Å². The van der Waals surface area contributed by atoms with Crippen molar-refractivity contribution in [3.05, 3.63) is 39.8 Å². The van der Waals surface area contributed by atoms with Crippen molar-refractivity contribution in [2.75, 3.05) is 33.2 Å². The number of nitrogens with one attached hydrogen (secondary N) is 2. The number of carbonyl (C=O) groups is 2. The topological polar surface area (TPSA) is 78.3 Å². The molecule has 1 amide bonds. The summed E-state index contributed by atoms with van der Waals surface area (Å²) in [6.45, 7) is 6.16. The van der Waals surface area contributed by atoms with Gasteiger partial charge in [0.2, 0.25) is 0 Å². The third-order valence-corrected chi connectivity index (χ3v) is 6.40. The number of hydrogen-bond donors (Lipinski definition) is 2. The van der Waals surface area contributed by atoms with E-state index >= 15 is 0 Å². The molecule has 0 saturated heterocycles. The molecule has 2 heterocycles. The molecule has 1 aliphatic rings. The van der Waals surface area contributed by atoms with E-state index in [1.54, 1.807) is 18.2 Å². The molecule has 1 aliphatic heterocycles. The summed E-state index contributed by atoms with van der Waals surface area (Å²) in [5, 5.41) is 3.42. The fourth-order valence-electron chi connectivity index (χ4n) is 3.63. The third-order valence-electron chi connectivity index (χ3n) is 5.26. The molecule has 0 radical (unpaired) electrons. The molecule has 0 fully saturated rings. The smallest absolute Gasteiger partial charge is 0.341 e. The highest BCUT2D eigenvalue weighted by Gasteiger charge is 2.32. The monoisotopic (exact) mass is 419 g/mol. The first kappa shape index (κ1) is 21.1. The number of hydrogen-bond acceptors (Lipinski definition) is 6. The molecule has 29 heavy (non-hydrogen) atoms. The van der Waals surface area contributed by atoms with Crippen LogP contribution in [0.15, 0.2) is 18.2 Å². The van der Waals surface area contributed by atoms with E-state index in [9.17, 15) is 9.59 Å². The van der Waals surface area contributed by atoms with Gasteiger partial charge < -0.3 is 24.4 Å². The van der Waals surface area contributed by atoms with E-state index in [4.69, 9.17) is 14.2 Å². The summed E-state index contributed by atoms with van der Waals surface area (Å²) < 4.78 is 15.7. The first-order valence-corrected chi connectivity index (χ1v) is 10.3. The fraction of sp³-hybridized carbons (Fsp3) is 0.429. The minimum Gasteiger partial charge on any atom is -0.493 e. The van der Waals surface area contributed by atoms with Gasteiger partial charge in [-0.25, -0.2) is 4.79 Å². The van der Waals surface area contributed by atoms with Crippen LogP contribution < -0.4 is 19.7 Å². The minimum atomic E-state index is -0.427. The number of para-hydroxylation sites is 1. The molecule has 3 rings (SSSR count). The molecular formula is C21H27N2O5S+. The Hall–Kier alpha value is -2.58. The Balaban J connectivity index is 1.97. The molecule has 2 N–H and O–H groups in total. The zero-order valence-corrected chi connectivity index (χ0v) is 18.2. The number of ether oxygens (including phenoxy) is 3. The Morgan fingerprint density at radius 2 is 1.93 bits per heavy atom. The number of thiophene rings is 1. The maximum Gasteiger partial charge on any atom is 0.341 e. The Morgan fingerprint density at radius 3 is 2.55 bits per heavy atom. The number of rotatable bonds is 6. The maximum atomic E-state index is 13.0. The molecule has 0 bridgehead atoms. The van der Waals surface area contributed by atoms with Crippen molar-refractivity contribution >= 4 is 28.2 Å². The summed E-state index contributed by atoms with van der Waals surface area (Å²) in [6.07, 6.45) is 0.780. The summed E-state index contributed by atoms with van der Waals surface area (Å²) in [5.41, 5.74) is 1.79. The van der Waals surface area contributed by atoms with Gasteiger partial charge in [0.1, 0.15) is 11.5 Å². The van der Waals surface area contributed by atoms with Crippen LogP contribution in [0, 0.1) is 0 Å². The van der Waals surface area contributed by atoms with Gasteiger partial charge in [0.05, 0.1) is 49.9 Å². The van der Waals surface area contributed by atoms with Crippen LogP contribution in [0.1, 0.15) is 45.0 Å². The molecule has 156 valence electrons. The van der Waals surface area contributed by atoms with E-state index in [1.807, 2.05) is 0 Å². The van der Waals surface area contributed by atoms with Crippen LogP contribution in [-0.4, -0.2) is 45.8 Å². The number of esters is 1. The van der Waals surface area contributed by atoms with Gasteiger partial charge in [-0.2, -0.15) is 0 Å². The first-order chi connectivity index (χ1) is 13.9. The second-order valence-corrected chi connectivity index (χ2v) is 8.29. The number of methoxy groups -OCH3 is 3. The van der Waals surface area contributed by atoms with Crippen LogP contribution in [0.4, 0.5) is 5.00 Å². The highest BCUT2D eigenvalue weighted by atomic mass is 32.1. The third kappa shape index (κ3) is 4.09. The molecule has 0 spiro atoms. The van der Waals surface area contributed by atoms with Crippen molar-refractivity contribution in [2.24, 2.45) is 0 Å². The average Bonchev–Trinajstić information content (AvgIpc) is 3.09. The van der Waals surface area contributed by atoms with Crippen molar-refractivity contribution in [2.45, 2.75) is 32.9 Å². The van der Waals surface area contributed by atoms with Crippen molar-refractivity contribution in [3.63, 3.8) is 0 Å². The molecule has 7 nitrogen and oxygen atoms in total. The second kappa shape index (κ2) is 8.84. The Labute approximate surface area is 174 Å². The maximum absolute atomic E-state index is 13.0. The Kier molecular flexibility index (Phi) is 6.44. The van der Waals surface area contributed by atoms with Crippen LogP contribution in [0.5, 0.6) is 11.5 Å². The fourth-order valence-corrected chi connectivity index (χ4v) is 4.92. The molecule has 0 aliphatic carbocycles. The average molecular weight is 420 g/mol. The molecule has 1 unspecified atom stereocenters. The largest absolute Gasteiger partial charge is 0.493 e. The number of benzene rings is 1. The molecule has 1 aromatic carbocycles. The van der Waals surface area contributed by atoms with Crippen molar-refractivity contribution in [1.29, 1.82) is 0 Å². The van der Waals surface area contributed by atoms with Gasteiger partial charge in [-0.3, -0.25) is 4.79 Å². The Bertz CT molecular complexity index is 922. The van der Waals surface area contributed by atoms with E-state index in [2.05, 4.69) is 19.2 Å². The van der Waals surface area contributed by atoms with E-state index < -0.39 is 5.97 Å². The number of anilines is 1. The lowest BCUT2D eigenvalue weighted by Crippen LogP contribution is -3.14. The highest BCUT2D eigenvalue weighted by Crippen LogP contribution is 2.37. The summed E-state index contributed by atoms with van der Waals surface area (Å²) in [6, 6.07) is 5.60. The molecule has 8 heteroatoms. The molecular weight excluding hydrogens is 392 g/mol. The van der Waals surface area contributed by atoms with Crippen LogP contribution in [0.3, 0.4) is 0 Å². The quantitative estimate of drug-likeness (QED) is 0.702. The number of quaternary nitrogens is 1. The second-order valence-electron chi connectivity index (χ2n) is 7.18. The normalized spacial score (nSPS) is 15.6. The number of fused-ring (bicyclic) bond motifs is 1. The lowest BCUT2D eigenvalue weighted by molar-refractivity contribution is -0.936. The van der Waals surface area contributed by atoms with Gasteiger partial charge in [0.25, 0.3) is 5.91 Å². The van der Waals surface area contributed by atoms with Crippen LogP contribution in [0.2, 0.25) is 0 Å². The predicted molar refractivity (Wildman–Crippen MR) is 112 cm³/mol. The Morgan fingerprint density at radius 1 is 1.17 bits per heavy atom. The summed E-state index contributed by atoms with van der Waals surface area (Å²) in [7, 11) is 4.37. The first-order valence-electron chi connectivity index (χ1n) is 9.51. The minimum absolute atomic E-state index is 0.337. The molecule has 2 aromatic rings. The SMILES string of the molecule is COC(=O)c1c(NC(=O)c2cccc(OC)c2OC)sc2c1CC[NH+](C(C)C)C2. The van der Waals surface area contributed by atoms with Gasteiger partial charge in [-0.05, 0) is 31.5 Å². The predicted octanol–water partition coefficient (Wildman–Crippen LogP) is 2.15. The number of amides is 1. The summed E-state index contributed by atoms with van der Waals surface area (Å²) in [4.78, 5) is 28.1. The highest BCUT2D eigenvalue weighted by molar-refractivity contribution is 7.17. The van der Waals surface area contributed by atoms with Gasteiger partial charge in [0, 0.05) is 6.42 Å². The van der Waals surface area contributed by atoms with E-state index in [0.717, 1.165) is 30.0 Å². The van der Waals surface area contributed by atoms with Gasteiger partial charge >= 0.3 is 5.97 Å². The zero-order chi connectivity index (χ0) is 21.1. The molecule has 1 atom stereocenters. The van der Waals surface area contributed by atoms with Crippen LogP contribution in [0.25, 0.3) is 0 Å². The van der Waals surface area contributed by atoms with Gasteiger partial charge in [-0.1, -0.05) is 6.07 Å². The zero-order valence-electron chi connectivity index (χ0n) is 17.4. The molecule has 1 aromatic heterocycles. The lowest BCUT2D eigenvalue weighted by atomic mass is 10.0. The van der Waals surface area contributed by atoms with E-state index in [1.165, 1.54) is 37.6 Å².